The van der Waals surface area contributed by atoms with Gasteiger partial charge in [0.05, 0.1) is 11.3 Å². The highest BCUT2D eigenvalue weighted by Gasteiger charge is 2.31. The number of anilines is 1. The molecule has 2 rings (SSSR count). The molecule has 2 aromatic rings. The molecule has 0 unspecified atom stereocenters. The number of carbonyl (C=O) groups excluding carboxylic acids is 1. The van der Waals surface area contributed by atoms with Gasteiger partial charge in [0.2, 0.25) is 0 Å². The molecule has 106 valence electrons. The van der Waals surface area contributed by atoms with Gasteiger partial charge >= 0.3 is 6.18 Å². The van der Waals surface area contributed by atoms with Crippen LogP contribution in [0.2, 0.25) is 0 Å². The Balaban J connectivity index is 2.27. The Hall–Kier alpha value is -1.76. The van der Waals surface area contributed by atoms with E-state index in [0.717, 1.165) is 12.1 Å². The molecule has 0 aliphatic rings. The van der Waals surface area contributed by atoms with Gasteiger partial charge in [-0.15, -0.1) is 0 Å². The number of furan rings is 1. The summed E-state index contributed by atoms with van der Waals surface area (Å²) in [7, 11) is 0. The van der Waals surface area contributed by atoms with Gasteiger partial charge in [0.25, 0.3) is 5.91 Å². The Morgan fingerprint density at radius 1 is 1.25 bits per heavy atom. The number of hydrogen-bond acceptors (Lipinski definition) is 2. The van der Waals surface area contributed by atoms with Gasteiger partial charge in [0.1, 0.15) is 5.76 Å². The smallest absolute Gasteiger partial charge is 0.416 e. The van der Waals surface area contributed by atoms with Crippen LogP contribution in [0.5, 0.6) is 0 Å². The molecule has 20 heavy (non-hydrogen) atoms. The fourth-order valence-corrected chi connectivity index (χ4v) is 1.88. The summed E-state index contributed by atoms with van der Waals surface area (Å²) in [6, 6.07) is 6.06. The fraction of sp³-hybridized carbons (Fsp3) is 0.154. The second-order valence-corrected chi connectivity index (χ2v) is 4.91. The highest BCUT2D eigenvalue weighted by Crippen LogP contribution is 2.34. The predicted octanol–water partition coefficient (Wildman–Crippen LogP) is 4.62. The van der Waals surface area contributed by atoms with E-state index in [1.807, 2.05) is 0 Å². The molecule has 3 nitrogen and oxygen atoms in total. The van der Waals surface area contributed by atoms with Crippen molar-refractivity contribution in [2.75, 3.05) is 5.32 Å². The predicted molar refractivity (Wildman–Crippen MR) is 70.5 cm³/mol. The maximum absolute atomic E-state index is 12.6. The fourth-order valence-electron chi connectivity index (χ4n) is 1.54. The number of rotatable bonds is 2. The lowest BCUT2D eigenvalue weighted by atomic mass is 10.2. The number of nitrogens with one attached hydrogen (secondary N) is 1. The summed E-state index contributed by atoms with van der Waals surface area (Å²) < 4.78 is 43.3. The van der Waals surface area contributed by atoms with Gasteiger partial charge in [0, 0.05) is 4.47 Å². The summed E-state index contributed by atoms with van der Waals surface area (Å²) in [5, 5.41) is 2.37. The third-order valence-corrected chi connectivity index (χ3v) is 3.20. The Morgan fingerprint density at radius 3 is 2.50 bits per heavy atom. The first kappa shape index (κ1) is 14.6. The first-order valence-corrected chi connectivity index (χ1v) is 6.31. The van der Waals surface area contributed by atoms with E-state index in [1.165, 1.54) is 12.1 Å². The van der Waals surface area contributed by atoms with Crippen LogP contribution in [0.4, 0.5) is 18.9 Å². The highest BCUT2D eigenvalue weighted by atomic mass is 79.9. The topological polar surface area (TPSA) is 42.2 Å². The molecule has 1 aromatic carbocycles. The summed E-state index contributed by atoms with van der Waals surface area (Å²) in [6.07, 6.45) is -4.47. The van der Waals surface area contributed by atoms with Crippen LogP contribution in [-0.4, -0.2) is 5.91 Å². The van der Waals surface area contributed by atoms with E-state index in [0.29, 0.717) is 10.2 Å². The SMILES string of the molecule is Cc1ccc(C(=O)Nc2cc(C(F)(F)F)ccc2Br)o1. The number of amides is 1. The lowest BCUT2D eigenvalue weighted by Gasteiger charge is -2.11. The van der Waals surface area contributed by atoms with Crippen molar-refractivity contribution in [2.24, 2.45) is 0 Å². The molecule has 0 radical (unpaired) electrons. The van der Waals surface area contributed by atoms with Crippen molar-refractivity contribution in [3.05, 3.63) is 51.9 Å². The minimum absolute atomic E-state index is 0.0267. The van der Waals surface area contributed by atoms with Crippen molar-refractivity contribution in [1.29, 1.82) is 0 Å². The van der Waals surface area contributed by atoms with Crippen LogP contribution in [0.1, 0.15) is 21.9 Å². The average molecular weight is 348 g/mol. The molecule has 7 heteroatoms. The normalized spacial score (nSPS) is 11.4. The van der Waals surface area contributed by atoms with Crippen molar-refractivity contribution in [3.63, 3.8) is 0 Å². The van der Waals surface area contributed by atoms with E-state index in [9.17, 15) is 18.0 Å². The number of hydrogen-bond donors (Lipinski definition) is 1. The van der Waals surface area contributed by atoms with Crippen LogP contribution in [0.3, 0.4) is 0 Å². The summed E-state index contributed by atoms with van der Waals surface area (Å²) in [4.78, 5) is 11.8. The van der Waals surface area contributed by atoms with Gasteiger partial charge in [-0.3, -0.25) is 4.79 Å². The van der Waals surface area contributed by atoms with Crippen molar-refractivity contribution < 1.29 is 22.4 Å². The molecular formula is C13H9BrF3NO2. The first-order valence-electron chi connectivity index (χ1n) is 5.52. The van der Waals surface area contributed by atoms with Gasteiger partial charge in [-0.1, -0.05) is 0 Å². The molecule has 0 atom stereocenters. The molecule has 1 aromatic heterocycles. The summed E-state index contributed by atoms with van der Waals surface area (Å²) in [5.74, 6) is -0.0387. The quantitative estimate of drug-likeness (QED) is 0.860. The standard InChI is InChI=1S/C13H9BrF3NO2/c1-7-2-5-11(20-7)12(19)18-10-6-8(13(15,16)17)3-4-9(10)14/h2-6H,1H3,(H,18,19). The summed E-state index contributed by atoms with van der Waals surface area (Å²) >= 11 is 3.09. The molecule has 0 spiro atoms. The molecule has 0 fully saturated rings. The maximum atomic E-state index is 12.6. The molecular weight excluding hydrogens is 339 g/mol. The molecule has 1 amide bonds. The van der Waals surface area contributed by atoms with Gasteiger partial charge in [-0.2, -0.15) is 13.2 Å². The third kappa shape index (κ3) is 3.22. The van der Waals surface area contributed by atoms with Crippen LogP contribution >= 0.6 is 15.9 Å². The van der Waals surface area contributed by atoms with E-state index in [4.69, 9.17) is 4.42 Å². The zero-order valence-corrected chi connectivity index (χ0v) is 11.8. The maximum Gasteiger partial charge on any atom is 0.416 e. The number of benzene rings is 1. The number of aryl methyl sites for hydroxylation is 1. The van der Waals surface area contributed by atoms with Crippen molar-refractivity contribution in [3.8, 4) is 0 Å². The van der Waals surface area contributed by atoms with Crippen LogP contribution in [-0.2, 0) is 6.18 Å². The Labute approximate surface area is 120 Å². The van der Waals surface area contributed by atoms with Crippen LogP contribution < -0.4 is 5.32 Å². The van der Waals surface area contributed by atoms with E-state index in [-0.39, 0.29) is 11.4 Å². The zero-order valence-electron chi connectivity index (χ0n) is 10.2. The molecule has 0 saturated heterocycles. The highest BCUT2D eigenvalue weighted by molar-refractivity contribution is 9.10. The van der Waals surface area contributed by atoms with E-state index in [2.05, 4.69) is 21.2 Å². The number of halogens is 4. The molecule has 1 heterocycles. The van der Waals surface area contributed by atoms with Crippen molar-refractivity contribution >= 4 is 27.5 Å². The van der Waals surface area contributed by atoms with Crippen LogP contribution in [0, 0.1) is 6.92 Å². The van der Waals surface area contributed by atoms with Gasteiger partial charge in [-0.25, -0.2) is 0 Å². The van der Waals surface area contributed by atoms with Crippen LogP contribution in [0.15, 0.2) is 39.2 Å². The molecule has 0 aliphatic carbocycles. The average Bonchev–Trinajstić information content (AvgIpc) is 2.77. The largest absolute Gasteiger partial charge is 0.456 e. The minimum atomic E-state index is -4.47. The lowest BCUT2D eigenvalue weighted by Crippen LogP contribution is -2.13. The van der Waals surface area contributed by atoms with E-state index in [1.54, 1.807) is 13.0 Å². The zero-order chi connectivity index (χ0) is 14.9. The summed E-state index contributed by atoms with van der Waals surface area (Å²) in [5.41, 5.74) is -0.814. The van der Waals surface area contributed by atoms with Gasteiger partial charge < -0.3 is 9.73 Å². The Bertz CT molecular complexity index is 649. The van der Waals surface area contributed by atoms with Gasteiger partial charge in [-0.05, 0) is 53.2 Å². The summed E-state index contributed by atoms with van der Waals surface area (Å²) in [6.45, 7) is 1.66. The van der Waals surface area contributed by atoms with Crippen molar-refractivity contribution in [2.45, 2.75) is 13.1 Å². The van der Waals surface area contributed by atoms with E-state index < -0.39 is 17.6 Å². The Morgan fingerprint density at radius 2 is 1.95 bits per heavy atom. The van der Waals surface area contributed by atoms with Crippen LogP contribution in [0.25, 0.3) is 0 Å². The third-order valence-electron chi connectivity index (χ3n) is 2.51. The molecule has 0 saturated carbocycles. The second kappa shape index (κ2) is 5.32. The van der Waals surface area contributed by atoms with Crippen molar-refractivity contribution in [1.82, 2.24) is 0 Å². The molecule has 0 aliphatic heterocycles. The van der Waals surface area contributed by atoms with E-state index >= 15 is 0 Å². The minimum Gasteiger partial charge on any atom is -0.456 e. The molecule has 1 N–H and O–H groups in total. The number of alkyl halides is 3. The first-order chi connectivity index (χ1) is 9.27. The van der Waals surface area contributed by atoms with Gasteiger partial charge in [0.15, 0.2) is 5.76 Å². The second-order valence-electron chi connectivity index (χ2n) is 4.06. The molecule has 0 bridgehead atoms. The lowest BCUT2D eigenvalue weighted by molar-refractivity contribution is -0.137. The Kier molecular flexibility index (Phi) is 3.89. The monoisotopic (exact) mass is 347 g/mol. The number of carbonyl (C=O) groups is 1.